The standard InChI is InChI=1S/C23H27N3O2/c1-15-11-12-18(16(2)13-15)26-21(14-20(25-26)23(3,4)5)24-22(27)17-9-7-8-10-19(17)28-6/h7-14H,1-6H3,(H,24,27). The number of para-hydroxylation sites is 1. The van der Waals surface area contributed by atoms with Crippen LogP contribution in [0.15, 0.2) is 48.5 Å². The van der Waals surface area contributed by atoms with Crippen LogP contribution in [-0.2, 0) is 5.41 Å². The molecule has 3 aromatic rings. The molecule has 0 saturated carbocycles. The molecule has 1 heterocycles. The second-order valence-corrected chi connectivity index (χ2v) is 8.02. The first-order valence-electron chi connectivity index (χ1n) is 9.33. The molecule has 1 aromatic heterocycles. The van der Waals surface area contributed by atoms with Gasteiger partial charge in [0.05, 0.1) is 24.1 Å². The van der Waals surface area contributed by atoms with Crippen LogP contribution in [0.2, 0.25) is 0 Å². The van der Waals surface area contributed by atoms with E-state index in [1.165, 1.54) is 5.56 Å². The third kappa shape index (κ3) is 3.93. The molecular weight excluding hydrogens is 350 g/mol. The van der Waals surface area contributed by atoms with Gasteiger partial charge in [0.25, 0.3) is 5.91 Å². The first-order valence-corrected chi connectivity index (χ1v) is 9.33. The third-order valence-electron chi connectivity index (χ3n) is 4.65. The maximum absolute atomic E-state index is 12.9. The fourth-order valence-corrected chi connectivity index (χ4v) is 3.08. The normalized spacial score (nSPS) is 11.4. The van der Waals surface area contributed by atoms with Gasteiger partial charge in [-0.15, -0.1) is 0 Å². The second kappa shape index (κ2) is 7.50. The topological polar surface area (TPSA) is 56.1 Å². The van der Waals surface area contributed by atoms with Crippen LogP contribution >= 0.6 is 0 Å². The van der Waals surface area contributed by atoms with Gasteiger partial charge in [-0.05, 0) is 37.6 Å². The molecule has 28 heavy (non-hydrogen) atoms. The number of nitrogens with one attached hydrogen (secondary N) is 1. The number of nitrogens with zero attached hydrogens (tertiary/aromatic N) is 2. The predicted molar refractivity (Wildman–Crippen MR) is 113 cm³/mol. The van der Waals surface area contributed by atoms with Gasteiger partial charge in [0, 0.05) is 11.5 Å². The maximum Gasteiger partial charge on any atom is 0.260 e. The van der Waals surface area contributed by atoms with Crippen molar-refractivity contribution in [1.29, 1.82) is 0 Å². The van der Waals surface area contributed by atoms with Gasteiger partial charge in [0.15, 0.2) is 0 Å². The summed E-state index contributed by atoms with van der Waals surface area (Å²) in [4.78, 5) is 12.9. The van der Waals surface area contributed by atoms with Gasteiger partial charge >= 0.3 is 0 Å². The summed E-state index contributed by atoms with van der Waals surface area (Å²) in [5.41, 5.74) is 4.46. The number of aryl methyl sites for hydroxylation is 2. The Bertz CT molecular complexity index is 1010. The molecular formula is C23H27N3O2. The van der Waals surface area contributed by atoms with Gasteiger partial charge in [-0.25, -0.2) is 4.68 Å². The van der Waals surface area contributed by atoms with E-state index in [9.17, 15) is 4.79 Å². The summed E-state index contributed by atoms with van der Waals surface area (Å²) in [6, 6.07) is 15.3. The maximum atomic E-state index is 12.9. The van der Waals surface area contributed by atoms with E-state index in [0.29, 0.717) is 17.1 Å². The molecule has 0 radical (unpaired) electrons. The molecule has 2 aromatic carbocycles. The van der Waals surface area contributed by atoms with Crippen LogP contribution in [0.4, 0.5) is 5.82 Å². The van der Waals surface area contributed by atoms with E-state index in [0.717, 1.165) is 16.9 Å². The highest BCUT2D eigenvalue weighted by atomic mass is 16.5. The Kier molecular flexibility index (Phi) is 5.27. The Hall–Kier alpha value is -3.08. The average molecular weight is 377 g/mol. The van der Waals surface area contributed by atoms with Gasteiger partial charge in [0.1, 0.15) is 11.6 Å². The molecule has 5 nitrogen and oxygen atoms in total. The van der Waals surface area contributed by atoms with Crippen molar-refractivity contribution in [3.05, 3.63) is 70.9 Å². The SMILES string of the molecule is COc1ccccc1C(=O)Nc1cc(C(C)(C)C)nn1-c1ccc(C)cc1C. The van der Waals surface area contributed by atoms with Crippen LogP contribution in [0.3, 0.4) is 0 Å². The minimum atomic E-state index is -0.233. The van der Waals surface area contributed by atoms with Crippen molar-refractivity contribution in [1.82, 2.24) is 9.78 Å². The van der Waals surface area contributed by atoms with E-state index in [4.69, 9.17) is 9.84 Å². The van der Waals surface area contributed by atoms with E-state index < -0.39 is 0 Å². The monoisotopic (exact) mass is 377 g/mol. The number of carbonyl (C=O) groups is 1. The minimum absolute atomic E-state index is 0.145. The van der Waals surface area contributed by atoms with Crippen LogP contribution in [0.5, 0.6) is 5.75 Å². The van der Waals surface area contributed by atoms with Gasteiger partial charge in [-0.3, -0.25) is 4.79 Å². The predicted octanol–water partition coefficient (Wildman–Crippen LogP) is 5.05. The van der Waals surface area contributed by atoms with Crippen LogP contribution < -0.4 is 10.1 Å². The minimum Gasteiger partial charge on any atom is -0.496 e. The number of benzene rings is 2. The van der Waals surface area contributed by atoms with Gasteiger partial charge < -0.3 is 10.1 Å². The smallest absolute Gasteiger partial charge is 0.260 e. The molecule has 0 aliphatic heterocycles. The fourth-order valence-electron chi connectivity index (χ4n) is 3.08. The molecule has 0 saturated heterocycles. The summed E-state index contributed by atoms with van der Waals surface area (Å²) < 4.78 is 7.14. The summed E-state index contributed by atoms with van der Waals surface area (Å²) >= 11 is 0. The average Bonchev–Trinajstić information content (AvgIpc) is 3.05. The molecule has 0 fully saturated rings. The summed E-state index contributed by atoms with van der Waals surface area (Å²) in [6.07, 6.45) is 0. The molecule has 0 aliphatic carbocycles. The fraction of sp³-hybridized carbons (Fsp3) is 0.304. The van der Waals surface area contributed by atoms with Crippen LogP contribution in [0, 0.1) is 13.8 Å². The number of amides is 1. The molecule has 0 bridgehead atoms. The number of rotatable bonds is 4. The van der Waals surface area contributed by atoms with Gasteiger partial charge in [-0.2, -0.15) is 5.10 Å². The van der Waals surface area contributed by atoms with Gasteiger partial charge in [0.2, 0.25) is 0 Å². The lowest BCUT2D eigenvalue weighted by Gasteiger charge is -2.14. The van der Waals surface area contributed by atoms with Crippen LogP contribution in [0.25, 0.3) is 5.69 Å². The molecule has 0 unspecified atom stereocenters. The number of anilines is 1. The number of aromatic nitrogens is 2. The zero-order valence-corrected chi connectivity index (χ0v) is 17.3. The Morgan fingerprint density at radius 2 is 1.79 bits per heavy atom. The van der Waals surface area contributed by atoms with Gasteiger partial charge in [-0.1, -0.05) is 50.6 Å². The van der Waals surface area contributed by atoms with E-state index in [2.05, 4.69) is 39.1 Å². The highest BCUT2D eigenvalue weighted by molar-refractivity contribution is 6.06. The van der Waals surface area contributed by atoms with Crippen molar-refractivity contribution in [2.75, 3.05) is 12.4 Å². The van der Waals surface area contributed by atoms with Crippen molar-refractivity contribution in [2.24, 2.45) is 0 Å². The molecule has 1 N–H and O–H groups in total. The van der Waals surface area contributed by atoms with Crippen molar-refractivity contribution < 1.29 is 9.53 Å². The molecule has 0 spiro atoms. The quantitative estimate of drug-likeness (QED) is 0.692. The molecule has 146 valence electrons. The first kappa shape index (κ1) is 19.7. The van der Waals surface area contributed by atoms with E-state index in [-0.39, 0.29) is 11.3 Å². The Morgan fingerprint density at radius 3 is 2.43 bits per heavy atom. The number of hydrogen-bond acceptors (Lipinski definition) is 3. The lowest BCUT2D eigenvalue weighted by molar-refractivity contribution is 0.102. The highest BCUT2D eigenvalue weighted by Gasteiger charge is 2.23. The highest BCUT2D eigenvalue weighted by Crippen LogP contribution is 2.28. The largest absolute Gasteiger partial charge is 0.496 e. The summed E-state index contributed by atoms with van der Waals surface area (Å²) in [5.74, 6) is 0.935. The number of ether oxygens (including phenoxy) is 1. The lowest BCUT2D eigenvalue weighted by Crippen LogP contribution is -2.16. The lowest BCUT2D eigenvalue weighted by atomic mass is 9.92. The van der Waals surface area contributed by atoms with E-state index in [1.54, 1.807) is 19.2 Å². The third-order valence-corrected chi connectivity index (χ3v) is 4.65. The number of hydrogen-bond donors (Lipinski definition) is 1. The van der Waals surface area contributed by atoms with Crippen LogP contribution in [-0.4, -0.2) is 22.8 Å². The molecule has 3 rings (SSSR count). The molecule has 0 aliphatic rings. The van der Waals surface area contributed by atoms with E-state index >= 15 is 0 Å². The van der Waals surface area contributed by atoms with Crippen molar-refractivity contribution in [3.63, 3.8) is 0 Å². The Labute approximate surface area is 166 Å². The zero-order valence-electron chi connectivity index (χ0n) is 17.3. The first-order chi connectivity index (χ1) is 13.2. The zero-order chi connectivity index (χ0) is 20.5. The van der Waals surface area contributed by atoms with Crippen molar-refractivity contribution >= 4 is 11.7 Å². The summed E-state index contributed by atoms with van der Waals surface area (Å²) in [7, 11) is 1.56. The number of carbonyl (C=O) groups excluding carboxylic acids is 1. The van der Waals surface area contributed by atoms with Crippen LogP contribution in [0.1, 0.15) is 48.0 Å². The van der Waals surface area contributed by atoms with Crippen molar-refractivity contribution in [2.45, 2.75) is 40.0 Å². The van der Waals surface area contributed by atoms with E-state index in [1.807, 2.05) is 41.9 Å². The molecule has 5 heteroatoms. The Balaban J connectivity index is 2.07. The summed E-state index contributed by atoms with van der Waals surface area (Å²) in [5, 5.41) is 7.82. The molecule has 0 atom stereocenters. The molecule has 1 amide bonds. The number of methoxy groups -OCH3 is 1. The van der Waals surface area contributed by atoms with Crippen molar-refractivity contribution in [3.8, 4) is 11.4 Å². The summed E-state index contributed by atoms with van der Waals surface area (Å²) in [6.45, 7) is 10.4. The second-order valence-electron chi connectivity index (χ2n) is 8.02. The Morgan fingerprint density at radius 1 is 1.07 bits per heavy atom.